The average Bonchev–Trinajstić information content (AvgIpc) is 2.92. The van der Waals surface area contributed by atoms with Gasteiger partial charge in [-0.1, -0.05) is 42.5 Å². The fourth-order valence-electron chi connectivity index (χ4n) is 4.38. The molecule has 184 valence electrons. The maximum Gasteiger partial charge on any atom is 0.166 e. The van der Waals surface area contributed by atoms with Crippen LogP contribution in [0.3, 0.4) is 0 Å². The minimum absolute atomic E-state index is 0.0496. The lowest BCUT2D eigenvalue weighted by molar-refractivity contribution is 0.0655. The van der Waals surface area contributed by atoms with E-state index in [4.69, 9.17) is 9.47 Å². The van der Waals surface area contributed by atoms with Crippen LogP contribution in [0, 0.1) is 0 Å². The predicted molar refractivity (Wildman–Crippen MR) is 139 cm³/mol. The Bertz CT molecular complexity index is 1060. The van der Waals surface area contributed by atoms with Crippen LogP contribution in [0.2, 0.25) is 0 Å². The van der Waals surface area contributed by atoms with Crippen molar-refractivity contribution in [1.29, 1.82) is 0 Å². The topological polar surface area (TPSA) is 62.2 Å². The predicted octanol–water partition coefficient (Wildman–Crippen LogP) is 4.07. The standard InChI is InChI=1S/C29H34N2O4/c1-34-26-14-12-24(13-15-26)31-19-17-30(18-20-31)21-25(32)22-35-29-10-6-5-9-27(29)28(33)16-11-23-7-3-2-4-8-23/h2-10,12-15,25,32H,11,16-22H2,1H3. The summed E-state index contributed by atoms with van der Waals surface area (Å²) in [7, 11) is 1.67. The van der Waals surface area contributed by atoms with Crippen LogP contribution in [-0.4, -0.2) is 68.3 Å². The molecule has 0 amide bonds. The van der Waals surface area contributed by atoms with Crippen molar-refractivity contribution in [3.63, 3.8) is 0 Å². The van der Waals surface area contributed by atoms with E-state index < -0.39 is 6.10 Å². The smallest absolute Gasteiger partial charge is 0.166 e. The number of nitrogens with zero attached hydrogens (tertiary/aromatic N) is 2. The molecule has 35 heavy (non-hydrogen) atoms. The number of benzene rings is 3. The largest absolute Gasteiger partial charge is 0.497 e. The zero-order chi connectivity index (χ0) is 24.5. The molecule has 0 saturated carbocycles. The van der Waals surface area contributed by atoms with Crippen LogP contribution in [0.15, 0.2) is 78.9 Å². The van der Waals surface area contributed by atoms with Crippen LogP contribution in [0.25, 0.3) is 0 Å². The number of ketones is 1. The molecule has 0 aliphatic carbocycles. The van der Waals surface area contributed by atoms with Gasteiger partial charge in [0, 0.05) is 44.8 Å². The number of anilines is 1. The van der Waals surface area contributed by atoms with Gasteiger partial charge < -0.3 is 19.5 Å². The molecule has 1 atom stereocenters. The zero-order valence-corrected chi connectivity index (χ0v) is 20.3. The number of methoxy groups -OCH3 is 1. The number of piperazine rings is 1. The number of Topliss-reactive ketones (excluding diaryl/α,β-unsaturated/α-hetero) is 1. The number of aryl methyl sites for hydroxylation is 1. The summed E-state index contributed by atoms with van der Waals surface area (Å²) in [6, 6.07) is 25.4. The quantitative estimate of drug-likeness (QED) is 0.423. The van der Waals surface area contributed by atoms with Gasteiger partial charge in [0.1, 0.15) is 24.2 Å². The second kappa shape index (κ2) is 12.4. The fourth-order valence-corrected chi connectivity index (χ4v) is 4.38. The van der Waals surface area contributed by atoms with Gasteiger partial charge in [0.15, 0.2) is 5.78 Å². The van der Waals surface area contributed by atoms with Crippen LogP contribution in [0.1, 0.15) is 22.3 Å². The highest BCUT2D eigenvalue weighted by molar-refractivity contribution is 5.98. The van der Waals surface area contributed by atoms with Crippen LogP contribution in [0.5, 0.6) is 11.5 Å². The number of aliphatic hydroxyl groups is 1. The van der Waals surface area contributed by atoms with Gasteiger partial charge >= 0.3 is 0 Å². The molecule has 4 rings (SSSR count). The molecule has 0 aromatic heterocycles. The summed E-state index contributed by atoms with van der Waals surface area (Å²) in [6.45, 7) is 4.24. The molecule has 1 heterocycles. The molecule has 1 saturated heterocycles. The number of para-hydroxylation sites is 1. The SMILES string of the molecule is COc1ccc(N2CCN(CC(O)COc3ccccc3C(=O)CCc3ccccc3)CC2)cc1. The normalized spacial score (nSPS) is 15.0. The van der Waals surface area contributed by atoms with Gasteiger partial charge in [-0.15, -0.1) is 0 Å². The first-order valence-corrected chi connectivity index (χ1v) is 12.2. The third kappa shape index (κ3) is 7.07. The van der Waals surface area contributed by atoms with E-state index >= 15 is 0 Å². The first-order valence-electron chi connectivity index (χ1n) is 12.2. The maximum atomic E-state index is 12.8. The molecule has 0 bridgehead atoms. The molecule has 1 fully saturated rings. The molecule has 6 heteroatoms. The van der Waals surface area contributed by atoms with Crippen LogP contribution in [-0.2, 0) is 6.42 Å². The Hall–Kier alpha value is -3.35. The van der Waals surface area contributed by atoms with Crippen molar-refractivity contribution in [2.45, 2.75) is 18.9 Å². The number of carbonyl (C=O) groups is 1. The number of aliphatic hydroxyl groups excluding tert-OH is 1. The van der Waals surface area contributed by atoms with Crippen LogP contribution >= 0.6 is 0 Å². The van der Waals surface area contributed by atoms with Gasteiger partial charge in [0.05, 0.1) is 12.7 Å². The Morgan fingerprint density at radius 1 is 0.914 bits per heavy atom. The molecule has 1 aliphatic heterocycles. The van der Waals surface area contributed by atoms with Crippen molar-refractivity contribution in [2.24, 2.45) is 0 Å². The first kappa shape index (κ1) is 24.8. The maximum absolute atomic E-state index is 12.8. The number of rotatable bonds is 11. The summed E-state index contributed by atoms with van der Waals surface area (Å²) >= 11 is 0. The molecular weight excluding hydrogens is 440 g/mol. The molecule has 6 nitrogen and oxygen atoms in total. The summed E-state index contributed by atoms with van der Waals surface area (Å²) in [5.74, 6) is 1.44. The van der Waals surface area contributed by atoms with E-state index in [2.05, 4.69) is 21.9 Å². The van der Waals surface area contributed by atoms with Crippen LogP contribution < -0.4 is 14.4 Å². The number of hydrogen-bond acceptors (Lipinski definition) is 6. The Labute approximate surface area is 207 Å². The number of hydrogen-bond donors (Lipinski definition) is 1. The summed E-state index contributed by atoms with van der Waals surface area (Å²) in [5, 5.41) is 10.6. The van der Waals surface area contributed by atoms with E-state index in [1.807, 2.05) is 54.6 Å². The minimum atomic E-state index is -0.630. The van der Waals surface area contributed by atoms with Crippen LogP contribution in [0.4, 0.5) is 5.69 Å². The van der Waals surface area contributed by atoms with Gasteiger partial charge in [-0.2, -0.15) is 0 Å². The van der Waals surface area contributed by atoms with Gasteiger partial charge in [0.2, 0.25) is 0 Å². The zero-order valence-electron chi connectivity index (χ0n) is 20.3. The third-order valence-corrected chi connectivity index (χ3v) is 6.38. The van der Waals surface area contributed by atoms with Crippen molar-refractivity contribution in [3.05, 3.63) is 90.0 Å². The van der Waals surface area contributed by atoms with E-state index in [9.17, 15) is 9.90 Å². The lowest BCUT2D eigenvalue weighted by atomic mass is 10.0. The Morgan fingerprint density at radius 2 is 1.60 bits per heavy atom. The van der Waals surface area contributed by atoms with E-state index in [1.165, 1.54) is 5.69 Å². The Balaban J connectivity index is 1.23. The van der Waals surface area contributed by atoms with E-state index in [-0.39, 0.29) is 12.4 Å². The average molecular weight is 475 g/mol. The molecule has 3 aromatic carbocycles. The molecule has 0 radical (unpaired) electrons. The molecule has 3 aromatic rings. The van der Waals surface area contributed by atoms with Gasteiger partial charge in [-0.25, -0.2) is 0 Å². The van der Waals surface area contributed by atoms with E-state index in [1.54, 1.807) is 19.2 Å². The van der Waals surface area contributed by atoms with Crippen molar-refractivity contribution in [3.8, 4) is 11.5 Å². The second-order valence-electron chi connectivity index (χ2n) is 8.86. The summed E-state index contributed by atoms with van der Waals surface area (Å²) in [6.07, 6.45) is 0.486. The van der Waals surface area contributed by atoms with Gasteiger partial charge in [-0.3, -0.25) is 9.69 Å². The molecule has 1 aliphatic rings. The Morgan fingerprint density at radius 3 is 2.31 bits per heavy atom. The number of ether oxygens (including phenoxy) is 2. The highest BCUT2D eigenvalue weighted by Gasteiger charge is 2.20. The first-order chi connectivity index (χ1) is 17.1. The van der Waals surface area contributed by atoms with Crippen molar-refractivity contribution < 1.29 is 19.4 Å². The molecular formula is C29H34N2O4. The summed E-state index contributed by atoms with van der Waals surface area (Å²) < 4.78 is 11.1. The summed E-state index contributed by atoms with van der Waals surface area (Å²) in [5.41, 5.74) is 2.90. The lowest BCUT2D eigenvalue weighted by Gasteiger charge is -2.36. The molecule has 0 spiro atoms. The minimum Gasteiger partial charge on any atom is -0.497 e. The van der Waals surface area contributed by atoms with Crippen molar-refractivity contribution >= 4 is 11.5 Å². The van der Waals surface area contributed by atoms with Crippen molar-refractivity contribution in [1.82, 2.24) is 4.90 Å². The molecule has 1 unspecified atom stereocenters. The van der Waals surface area contributed by atoms with Gasteiger partial charge in [-0.05, 0) is 48.4 Å². The highest BCUT2D eigenvalue weighted by atomic mass is 16.5. The number of β-amino-alcohol motifs (C(OH)–C–C–N with tert-alkyl or cyclic N) is 1. The Kier molecular flexibility index (Phi) is 8.76. The third-order valence-electron chi connectivity index (χ3n) is 6.38. The van der Waals surface area contributed by atoms with E-state index in [0.717, 1.165) is 37.5 Å². The van der Waals surface area contributed by atoms with Crippen molar-refractivity contribution in [2.75, 3.05) is 51.3 Å². The number of carbonyl (C=O) groups excluding carboxylic acids is 1. The monoisotopic (exact) mass is 474 g/mol. The fraction of sp³-hybridized carbons (Fsp3) is 0.345. The lowest BCUT2D eigenvalue weighted by Crippen LogP contribution is -2.49. The van der Waals surface area contributed by atoms with Gasteiger partial charge in [0.25, 0.3) is 0 Å². The highest BCUT2D eigenvalue weighted by Crippen LogP contribution is 2.22. The second-order valence-corrected chi connectivity index (χ2v) is 8.86. The molecule has 1 N–H and O–H groups in total. The summed E-state index contributed by atoms with van der Waals surface area (Å²) in [4.78, 5) is 17.4. The van der Waals surface area contributed by atoms with E-state index in [0.29, 0.717) is 30.7 Å².